The third kappa shape index (κ3) is 5.17. The molecular weight excluding hydrogens is 310 g/mol. The third-order valence-electron chi connectivity index (χ3n) is 5.11. The van der Waals surface area contributed by atoms with E-state index >= 15 is 0 Å². The number of amides is 1. The van der Waals surface area contributed by atoms with Crippen molar-refractivity contribution >= 4 is 5.91 Å². The molecule has 0 saturated heterocycles. The van der Waals surface area contributed by atoms with Gasteiger partial charge in [-0.15, -0.1) is 0 Å². The van der Waals surface area contributed by atoms with Crippen LogP contribution in [0.2, 0.25) is 0 Å². The molecule has 0 radical (unpaired) electrons. The van der Waals surface area contributed by atoms with Crippen molar-refractivity contribution in [2.45, 2.75) is 51.2 Å². The molecule has 134 valence electrons. The van der Waals surface area contributed by atoms with E-state index in [2.05, 4.69) is 24.3 Å². The Bertz CT molecular complexity index is 650. The summed E-state index contributed by atoms with van der Waals surface area (Å²) < 4.78 is 0. The number of aliphatic hydroxyl groups is 1. The topological polar surface area (TPSA) is 40.5 Å². The molecular formula is C22H29NO2. The Morgan fingerprint density at radius 1 is 1.00 bits per heavy atom. The largest absolute Gasteiger partial charge is 0.389 e. The predicted octanol–water partition coefficient (Wildman–Crippen LogP) is 4.37. The van der Waals surface area contributed by atoms with Crippen molar-refractivity contribution in [2.75, 3.05) is 7.05 Å². The molecule has 0 aliphatic carbocycles. The lowest BCUT2D eigenvalue weighted by atomic mass is 9.91. The van der Waals surface area contributed by atoms with Gasteiger partial charge >= 0.3 is 0 Å². The number of likely N-dealkylation sites (N-methyl/N-ethyl adjacent to an activating group) is 1. The van der Waals surface area contributed by atoms with E-state index in [1.165, 1.54) is 5.56 Å². The molecule has 0 saturated carbocycles. The van der Waals surface area contributed by atoms with E-state index in [1.807, 2.05) is 57.3 Å². The monoisotopic (exact) mass is 339 g/mol. The molecule has 2 aromatic rings. The highest BCUT2D eigenvalue weighted by molar-refractivity contribution is 5.77. The fraction of sp³-hybridized carbons (Fsp3) is 0.409. The SMILES string of the molecule is CCC(O)(CC)CC(=O)N(C)[C@@H](Cc1ccccc1)c1ccccc1. The van der Waals surface area contributed by atoms with E-state index in [-0.39, 0.29) is 18.4 Å². The van der Waals surface area contributed by atoms with Gasteiger partial charge in [-0.1, -0.05) is 74.5 Å². The van der Waals surface area contributed by atoms with E-state index in [0.29, 0.717) is 12.8 Å². The van der Waals surface area contributed by atoms with Gasteiger partial charge in [0.1, 0.15) is 0 Å². The summed E-state index contributed by atoms with van der Waals surface area (Å²) in [6, 6.07) is 20.3. The standard InChI is InChI=1S/C22H29NO2/c1-4-22(25,5-2)17-21(24)23(3)20(19-14-10-7-11-15-19)16-18-12-8-6-9-13-18/h6-15,20,25H,4-5,16-17H2,1-3H3/t20-/m0/s1. The highest BCUT2D eigenvalue weighted by Crippen LogP contribution is 2.27. The summed E-state index contributed by atoms with van der Waals surface area (Å²) >= 11 is 0. The van der Waals surface area contributed by atoms with Gasteiger partial charge in [0.2, 0.25) is 5.91 Å². The zero-order valence-electron chi connectivity index (χ0n) is 15.5. The van der Waals surface area contributed by atoms with Crippen molar-refractivity contribution in [3.63, 3.8) is 0 Å². The van der Waals surface area contributed by atoms with Gasteiger partial charge in [-0.2, -0.15) is 0 Å². The number of carbonyl (C=O) groups excluding carboxylic acids is 1. The molecule has 0 fully saturated rings. The van der Waals surface area contributed by atoms with E-state index in [4.69, 9.17) is 0 Å². The molecule has 0 aliphatic rings. The summed E-state index contributed by atoms with van der Waals surface area (Å²) in [6.07, 6.45) is 2.08. The van der Waals surface area contributed by atoms with Crippen molar-refractivity contribution in [1.82, 2.24) is 4.90 Å². The van der Waals surface area contributed by atoms with Gasteiger partial charge in [-0.25, -0.2) is 0 Å². The molecule has 0 heterocycles. The summed E-state index contributed by atoms with van der Waals surface area (Å²) in [5.74, 6) is -0.0176. The lowest BCUT2D eigenvalue weighted by Crippen LogP contribution is -2.39. The van der Waals surface area contributed by atoms with Crippen LogP contribution in [0.1, 0.15) is 50.3 Å². The van der Waals surface area contributed by atoms with Gasteiger partial charge in [-0.3, -0.25) is 4.79 Å². The van der Waals surface area contributed by atoms with Gasteiger partial charge in [0.25, 0.3) is 0 Å². The maximum absolute atomic E-state index is 12.8. The first-order valence-electron chi connectivity index (χ1n) is 9.06. The molecule has 0 aliphatic heterocycles. The first-order chi connectivity index (χ1) is 12.0. The second-order valence-corrected chi connectivity index (χ2v) is 6.73. The molecule has 1 amide bonds. The molecule has 1 N–H and O–H groups in total. The first kappa shape index (κ1) is 19.2. The molecule has 0 aromatic heterocycles. The van der Waals surface area contributed by atoms with Crippen LogP contribution in [0.3, 0.4) is 0 Å². The molecule has 0 spiro atoms. The average molecular weight is 339 g/mol. The number of hydrogen-bond acceptors (Lipinski definition) is 2. The molecule has 0 bridgehead atoms. The normalized spacial score (nSPS) is 12.6. The maximum Gasteiger partial charge on any atom is 0.225 e. The van der Waals surface area contributed by atoms with E-state index in [9.17, 15) is 9.90 Å². The van der Waals surface area contributed by atoms with Crippen molar-refractivity contribution in [3.8, 4) is 0 Å². The Morgan fingerprint density at radius 3 is 2.04 bits per heavy atom. The zero-order valence-corrected chi connectivity index (χ0v) is 15.5. The van der Waals surface area contributed by atoms with E-state index in [1.54, 1.807) is 4.90 Å². The number of rotatable bonds is 8. The smallest absolute Gasteiger partial charge is 0.225 e. The molecule has 2 aromatic carbocycles. The average Bonchev–Trinajstić information content (AvgIpc) is 2.67. The van der Waals surface area contributed by atoms with Crippen LogP contribution < -0.4 is 0 Å². The van der Waals surface area contributed by atoms with Gasteiger partial charge < -0.3 is 10.0 Å². The molecule has 25 heavy (non-hydrogen) atoms. The van der Waals surface area contributed by atoms with Crippen LogP contribution in [-0.4, -0.2) is 28.6 Å². The maximum atomic E-state index is 12.8. The van der Waals surface area contributed by atoms with Crippen molar-refractivity contribution in [2.24, 2.45) is 0 Å². The number of hydrogen-bond donors (Lipinski definition) is 1. The van der Waals surface area contributed by atoms with E-state index in [0.717, 1.165) is 12.0 Å². The first-order valence-corrected chi connectivity index (χ1v) is 9.06. The summed E-state index contributed by atoms with van der Waals surface area (Å²) in [5, 5.41) is 10.5. The quantitative estimate of drug-likeness (QED) is 0.776. The van der Waals surface area contributed by atoms with Crippen molar-refractivity contribution < 1.29 is 9.90 Å². The van der Waals surface area contributed by atoms with Crippen LogP contribution in [0.5, 0.6) is 0 Å². The number of benzene rings is 2. The van der Waals surface area contributed by atoms with Gasteiger partial charge in [-0.05, 0) is 30.4 Å². The summed E-state index contributed by atoms with van der Waals surface area (Å²) in [7, 11) is 1.84. The lowest BCUT2D eigenvalue weighted by molar-refractivity contribution is -0.137. The Hall–Kier alpha value is -2.13. The second kappa shape index (κ2) is 8.82. The van der Waals surface area contributed by atoms with Gasteiger partial charge in [0.05, 0.1) is 18.1 Å². The summed E-state index contributed by atoms with van der Waals surface area (Å²) in [4.78, 5) is 14.6. The van der Waals surface area contributed by atoms with Crippen LogP contribution in [0.4, 0.5) is 0 Å². The Morgan fingerprint density at radius 2 is 1.52 bits per heavy atom. The third-order valence-corrected chi connectivity index (χ3v) is 5.11. The number of nitrogens with zero attached hydrogens (tertiary/aromatic N) is 1. The number of carbonyl (C=O) groups is 1. The van der Waals surface area contributed by atoms with Crippen LogP contribution in [-0.2, 0) is 11.2 Å². The highest BCUT2D eigenvalue weighted by atomic mass is 16.3. The molecule has 3 nitrogen and oxygen atoms in total. The fourth-order valence-corrected chi connectivity index (χ4v) is 3.07. The minimum Gasteiger partial charge on any atom is -0.389 e. The lowest BCUT2D eigenvalue weighted by Gasteiger charge is -2.32. The summed E-state index contributed by atoms with van der Waals surface area (Å²) in [5.41, 5.74) is 1.38. The summed E-state index contributed by atoms with van der Waals surface area (Å²) in [6.45, 7) is 3.85. The fourth-order valence-electron chi connectivity index (χ4n) is 3.07. The molecule has 2 rings (SSSR count). The molecule has 1 atom stereocenters. The van der Waals surface area contributed by atoms with Crippen molar-refractivity contribution in [1.29, 1.82) is 0 Å². The van der Waals surface area contributed by atoms with Crippen LogP contribution in [0.15, 0.2) is 60.7 Å². The van der Waals surface area contributed by atoms with Crippen molar-refractivity contribution in [3.05, 3.63) is 71.8 Å². The van der Waals surface area contributed by atoms with Crippen LogP contribution in [0.25, 0.3) is 0 Å². The van der Waals surface area contributed by atoms with Crippen LogP contribution in [0, 0.1) is 0 Å². The second-order valence-electron chi connectivity index (χ2n) is 6.73. The molecule has 3 heteroatoms. The zero-order chi connectivity index (χ0) is 18.3. The Kier molecular flexibility index (Phi) is 6.77. The van der Waals surface area contributed by atoms with Gasteiger partial charge in [0, 0.05) is 7.05 Å². The minimum atomic E-state index is -0.917. The Balaban J connectivity index is 2.24. The van der Waals surface area contributed by atoms with Crippen LogP contribution >= 0.6 is 0 Å². The minimum absolute atomic E-state index is 0.0176. The predicted molar refractivity (Wildman–Crippen MR) is 102 cm³/mol. The highest BCUT2D eigenvalue weighted by Gasteiger charge is 2.30. The Labute approximate surface area is 151 Å². The van der Waals surface area contributed by atoms with Gasteiger partial charge in [0.15, 0.2) is 0 Å². The van der Waals surface area contributed by atoms with E-state index < -0.39 is 5.60 Å². The molecule has 0 unspecified atom stereocenters.